The maximum absolute atomic E-state index is 11.6. The lowest BCUT2D eigenvalue weighted by Gasteiger charge is -2.06. The molecule has 6 heteroatoms. The van der Waals surface area contributed by atoms with Crippen LogP contribution in [-0.4, -0.2) is 24.2 Å². The second-order valence-electron chi connectivity index (χ2n) is 5.28. The van der Waals surface area contributed by atoms with E-state index in [0.29, 0.717) is 23.3 Å². The van der Waals surface area contributed by atoms with Crippen molar-refractivity contribution >= 4 is 29.2 Å². The maximum atomic E-state index is 11.6. The van der Waals surface area contributed by atoms with Crippen LogP contribution in [0.4, 0.5) is 0 Å². The molecule has 1 heterocycles. The highest BCUT2D eigenvalue weighted by molar-refractivity contribution is 6.42. The van der Waals surface area contributed by atoms with E-state index < -0.39 is 0 Å². The lowest BCUT2D eigenvalue weighted by Crippen LogP contribution is -2.13. The molecule has 0 aliphatic heterocycles. The molecule has 0 atom stereocenters. The number of hydrogen-bond donors (Lipinski definition) is 0. The SMILES string of the molecule is O=C(COCc1cccnc1)OCCCCc1ccc(Cl)c(Cl)c1. The maximum Gasteiger partial charge on any atom is 0.332 e. The number of carbonyl (C=O) groups excluding carboxylic acids is 1. The quantitative estimate of drug-likeness (QED) is 0.484. The monoisotopic (exact) mass is 367 g/mol. The first kappa shape index (κ1) is 18.7. The zero-order valence-corrected chi connectivity index (χ0v) is 14.7. The lowest BCUT2D eigenvalue weighted by atomic mass is 10.1. The van der Waals surface area contributed by atoms with Crippen LogP contribution in [0.25, 0.3) is 0 Å². The first-order chi connectivity index (χ1) is 11.6. The number of halogens is 2. The van der Waals surface area contributed by atoms with Crippen LogP contribution in [0, 0.1) is 0 Å². The topological polar surface area (TPSA) is 48.4 Å². The van der Waals surface area contributed by atoms with Crippen LogP contribution in [0.2, 0.25) is 10.0 Å². The van der Waals surface area contributed by atoms with Gasteiger partial charge in [0.2, 0.25) is 0 Å². The Hall–Kier alpha value is -1.62. The highest BCUT2D eigenvalue weighted by Crippen LogP contribution is 2.23. The van der Waals surface area contributed by atoms with Crippen molar-refractivity contribution in [1.82, 2.24) is 4.98 Å². The van der Waals surface area contributed by atoms with Gasteiger partial charge in [0.05, 0.1) is 23.3 Å². The molecule has 0 aliphatic carbocycles. The van der Waals surface area contributed by atoms with Gasteiger partial charge in [0.1, 0.15) is 6.61 Å². The fraction of sp³-hybridized carbons (Fsp3) is 0.333. The average Bonchev–Trinajstić information content (AvgIpc) is 2.58. The van der Waals surface area contributed by atoms with Gasteiger partial charge in [0, 0.05) is 12.4 Å². The minimum atomic E-state index is -0.353. The fourth-order valence-corrected chi connectivity index (χ4v) is 2.41. The Morgan fingerprint density at radius 3 is 2.71 bits per heavy atom. The summed E-state index contributed by atoms with van der Waals surface area (Å²) < 4.78 is 10.4. The number of aryl methyl sites for hydroxylation is 1. The van der Waals surface area contributed by atoms with E-state index >= 15 is 0 Å². The standard InChI is InChI=1S/C18H19Cl2NO3/c19-16-7-6-14(10-17(16)20)4-1-2-9-24-18(22)13-23-12-15-5-3-8-21-11-15/h3,5-8,10-11H,1-2,4,9,12-13H2. The second-order valence-corrected chi connectivity index (χ2v) is 6.09. The molecule has 4 nitrogen and oxygen atoms in total. The van der Waals surface area contributed by atoms with Gasteiger partial charge in [-0.3, -0.25) is 4.98 Å². The molecule has 0 saturated heterocycles. The number of benzene rings is 1. The van der Waals surface area contributed by atoms with Gasteiger partial charge in [-0.1, -0.05) is 35.3 Å². The van der Waals surface area contributed by atoms with Gasteiger partial charge < -0.3 is 9.47 Å². The van der Waals surface area contributed by atoms with Gasteiger partial charge in [-0.05, 0) is 48.6 Å². The first-order valence-electron chi connectivity index (χ1n) is 7.71. The molecule has 24 heavy (non-hydrogen) atoms. The third-order valence-electron chi connectivity index (χ3n) is 3.32. The van der Waals surface area contributed by atoms with Crippen molar-refractivity contribution in [3.8, 4) is 0 Å². The molecule has 128 valence electrons. The molecule has 0 radical (unpaired) electrons. The van der Waals surface area contributed by atoms with Gasteiger partial charge in [-0.15, -0.1) is 0 Å². The van der Waals surface area contributed by atoms with E-state index in [2.05, 4.69) is 4.98 Å². The fourth-order valence-electron chi connectivity index (χ4n) is 2.09. The Morgan fingerprint density at radius 1 is 1.08 bits per heavy atom. The van der Waals surface area contributed by atoms with E-state index in [1.165, 1.54) is 0 Å². The zero-order chi connectivity index (χ0) is 17.2. The predicted molar refractivity (Wildman–Crippen MR) is 94.3 cm³/mol. The summed E-state index contributed by atoms with van der Waals surface area (Å²) in [6, 6.07) is 9.32. The van der Waals surface area contributed by atoms with E-state index in [1.54, 1.807) is 18.5 Å². The molecule has 0 amide bonds. The van der Waals surface area contributed by atoms with Gasteiger partial charge in [0.25, 0.3) is 0 Å². The van der Waals surface area contributed by atoms with Crippen molar-refractivity contribution in [2.24, 2.45) is 0 Å². The number of pyridine rings is 1. The van der Waals surface area contributed by atoms with Crippen LogP contribution in [0.5, 0.6) is 0 Å². The van der Waals surface area contributed by atoms with E-state index in [9.17, 15) is 4.79 Å². The summed E-state index contributed by atoms with van der Waals surface area (Å²) in [6.07, 6.45) is 5.95. The Kier molecular flexibility index (Phi) is 8.02. The van der Waals surface area contributed by atoms with Gasteiger partial charge in [-0.2, -0.15) is 0 Å². The minimum Gasteiger partial charge on any atom is -0.464 e. The molecule has 1 aromatic heterocycles. The van der Waals surface area contributed by atoms with Crippen molar-refractivity contribution in [3.05, 3.63) is 63.9 Å². The van der Waals surface area contributed by atoms with E-state index in [1.807, 2.05) is 24.3 Å². The van der Waals surface area contributed by atoms with Crippen LogP contribution in [0.15, 0.2) is 42.7 Å². The van der Waals surface area contributed by atoms with Crippen LogP contribution in [0.1, 0.15) is 24.0 Å². The summed E-state index contributed by atoms with van der Waals surface area (Å²) in [5.41, 5.74) is 2.04. The molecule has 0 N–H and O–H groups in total. The minimum absolute atomic E-state index is 0.0539. The Bertz CT molecular complexity index is 650. The normalized spacial score (nSPS) is 10.6. The Labute approximate surface area is 151 Å². The summed E-state index contributed by atoms with van der Waals surface area (Å²) in [6.45, 7) is 0.679. The second kappa shape index (κ2) is 10.3. The van der Waals surface area contributed by atoms with Crippen molar-refractivity contribution < 1.29 is 14.3 Å². The predicted octanol–water partition coefficient (Wildman–Crippen LogP) is 4.47. The smallest absolute Gasteiger partial charge is 0.332 e. The van der Waals surface area contributed by atoms with Crippen LogP contribution in [-0.2, 0) is 27.3 Å². The first-order valence-corrected chi connectivity index (χ1v) is 8.47. The highest BCUT2D eigenvalue weighted by atomic mass is 35.5. The third-order valence-corrected chi connectivity index (χ3v) is 4.06. The number of aromatic nitrogens is 1. The molecule has 0 spiro atoms. The van der Waals surface area contributed by atoms with E-state index in [4.69, 9.17) is 32.7 Å². The summed E-state index contributed by atoms with van der Waals surface area (Å²) in [7, 11) is 0. The Morgan fingerprint density at radius 2 is 1.96 bits per heavy atom. The van der Waals surface area contributed by atoms with Gasteiger partial charge in [0.15, 0.2) is 0 Å². The summed E-state index contributed by atoms with van der Waals surface area (Å²) >= 11 is 11.8. The number of hydrogen-bond acceptors (Lipinski definition) is 4. The molecule has 0 saturated carbocycles. The lowest BCUT2D eigenvalue weighted by molar-refractivity contribution is -0.149. The molecular weight excluding hydrogens is 349 g/mol. The highest BCUT2D eigenvalue weighted by Gasteiger charge is 2.04. The number of rotatable bonds is 9. The molecular formula is C18H19Cl2NO3. The molecule has 0 unspecified atom stereocenters. The van der Waals surface area contributed by atoms with Crippen LogP contribution >= 0.6 is 23.2 Å². The summed E-state index contributed by atoms with van der Waals surface area (Å²) in [4.78, 5) is 15.5. The van der Waals surface area contributed by atoms with Crippen molar-refractivity contribution in [2.45, 2.75) is 25.9 Å². The zero-order valence-electron chi connectivity index (χ0n) is 13.2. The van der Waals surface area contributed by atoms with Gasteiger partial charge >= 0.3 is 5.97 Å². The third kappa shape index (κ3) is 6.87. The molecule has 0 aliphatic rings. The van der Waals surface area contributed by atoms with Crippen molar-refractivity contribution in [1.29, 1.82) is 0 Å². The summed E-state index contributed by atoms with van der Waals surface area (Å²) in [5.74, 6) is -0.353. The molecule has 0 bridgehead atoms. The van der Waals surface area contributed by atoms with Crippen molar-refractivity contribution in [2.75, 3.05) is 13.2 Å². The average molecular weight is 368 g/mol. The van der Waals surface area contributed by atoms with Gasteiger partial charge in [-0.25, -0.2) is 4.79 Å². The molecule has 2 rings (SSSR count). The van der Waals surface area contributed by atoms with Crippen molar-refractivity contribution in [3.63, 3.8) is 0 Å². The van der Waals surface area contributed by atoms with E-state index in [0.717, 1.165) is 30.4 Å². The molecule has 2 aromatic rings. The number of nitrogens with zero attached hydrogens (tertiary/aromatic N) is 1. The Balaban J connectivity index is 1.53. The number of esters is 1. The number of unbranched alkanes of at least 4 members (excludes halogenated alkanes) is 1. The summed E-state index contributed by atoms with van der Waals surface area (Å²) in [5, 5.41) is 1.12. The largest absolute Gasteiger partial charge is 0.464 e. The molecule has 1 aromatic carbocycles. The number of carbonyl (C=O) groups is 1. The molecule has 0 fully saturated rings. The van der Waals surface area contributed by atoms with Crippen LogP contribution < -0.4 is 0 Å². The van der Waals surface area contributed by atoms with E-state index in [-0.39, 0.29) is 12.6 Å². The number of ether oxygens (including phenoxy) is 2. The van der Waals surface area contributed by atoms with Crippen LogP contribution in [0.3, 0.4) is 0 Å².